The molecule has 0 aliphatic carbocycles. The molecule has 1 aliphatic rings. The van der Waals surface area contributed by atoms with Gasteiger partial charge in [-0.1, -0.05) is 12.7 Å². The minimum atomic E-state index is -0.335. The van der Waals surface area contributed by atoms with Gasteiger partial charge in [0.25, 0.3) is 0 Å². The van der Waals surface area contributed by atoms with Gasteiger partial charge in [-0.05, 0) is 13.0 Å². The first-order valence-electron chi connectivity index (χ1n) is 4.57. The van der Waals surface area contributed by atoms with Crippen molar-refractivity contribution in [3.63, 3.8) is 0 Å². The third-order valence-electron chi connectivity index (χ3n) is 1.73. The lowest BCUT2D eigenvalue weighted by molar-refractivity contribution is -0.138. The zero-order valence-electron chi connectivity index (χ0n) is 8.29. The summed E-state index contributed by atoms with van der Waals surface area (Å²) in [5.41, 5.74) is 3.40. The highest BCUT2D eigenvalue weighted by molar-refractivity contribution is 5.88. The van der Waals surface area contributed by atoms with Crippen LogP contribution in [0.5, 0.6) is 0 Å². The number of epoxide rings is 1. The van der Waals surface area contributed by atoms with E-state index in [1.807, 2.05) is 6.92 Å². The van der Waals surface area contributed by atoms with Gasteiger partial charge in [-0.2, -0.15) is 0 Å². The summed E-state index contributed by atoms with van der Waals surface area (Å²) in [5.74, 6) is -0.335. The van der Waals surface area contributed by atoms with Gasteiger partial charge in [-0.3, -0.25) is 0 Å². The number of hydrogen-bond acceptors (Lipinski definition) is 3. The molecule has 76 valence electrons. The Bertz CT molecular complexity index is 281. The molecule has 1 unspecified atom stereocenters. The molecular weight excluding hydrogens is 180 g/mol. The molecular formula is C11H14O3. The molecule has 0 radical (unpaired) electrons. The van der Waals surface area contributed by atoms with E-state index in [1.54, 1.807) is 12.2 Å². The van der Waals surface area contributed by atoms with Gasteiger partial charge in [0.15, 0.2) is 0 Å². The fourth-order valence-electron chi connectivity index (χ4n) is 1.01. The van der Waals surface area contributed by atoms with Gasteiger partial charge in [-0.15, -0.1) is 5.73 Å². The molecule has 1 rings (SSSR count). The average molecular weight is 194 g/mol. The largest absolute Gasteiger partial charge is 0.458 e. The molecule has 0 saturated carbocycles. The van der Waals surface area contributed by atoms with Gasteiger partial charge in [0.05, 0.1) is 18.3 Å². The molecule has 3 heteroatoms. The van der Waals surface area contributed by atoms with E-state index < -0.39 is 0 Å². The Hall–Kier alpha value is -1.31. The van der Waals surface area contributed by atoms with Crippen LogP contribution < -0.4 is 0 Å². The summed E-state index contributed by atoms with van der Waals surface area (Å²) in [7, 11) is 0. The van der Waals surface area contributed by atoms with E-state index in [9.17, 15) is 4.79 Å². The van der Waals surface area contributed by atoms with Crippen molar-refractivity contribution in [2.45, 2.75) is 19.4 Å². The van der Waals surface area contributed by atoms with Crippen LogP contribution in [-0.2, 0) is 14.3 Å². The topological polar surface area (TPSA) is 38.8 Å². The second kappa shape index (κ2) is 5.43. The second-order valence-corrected chi connectivity index (χ2v) is 2.96. The molecule has 0 aromatic heterocycles. The lowest BCUT2D eigenvalue weighted by Crippen LogP contribution is -2.09. The van der Waals surface area contributed by atoms with Crippen molar-refractivity contribution in [1.29, 1.82) is 0 Å². The van der Waals surface area contributed by atoms with Crippen molar-refractivity contribution >= 4 is 5.97 Å². The third kappa shape index (κ3) is 3.60. The zero-order chi connectivity index (χ0) is 10.4. The lowest BCUT2D eigenvalue weighted by Gasteiger charge is -2.02. The van der Waals surface area contributed by atoms with Crippen molar-refractivity contribution < 1.29 is 14.3 Å². The van der Waals surface area contributed by atoms with Gasteiger partial charge >= 0.3 is 5.97 Å². The van der Waals surface area contributed by atoms with E-state index >= 15 is 0 Å². The smallest absolute Gasteiger partial charge is 0.342 e. The highest BCUT2D eigenvalue weighted by atomic mass is 16.6. The normalized spacial score (nSPS) is 17.9. The third-order valence-corrected chi connectivity index (χ3v) is 1.73. The molecule has 0 aromatic carbocycles. The van der Waals surface area contributed by atoms with Gasteiger partial charge in [0.1, 0.15) is 6.61 Å². The maximum Gasteiger partial charge on any atom is 0.342 e. The fourth-order valence-corrected chi connectivity index (χ4v) is 1.01. The van der Waals surface area contributed by atoms with Crippen LogP contribution >= 0.6 is 0 Å². The first-order chi connectivity index (χ1) is 6.77. The molecule has 0 bridgehead atoms. The van der Waals surface area contributed by atoms with Crippen molar-refractivity contribution in [2.75, 3.05) is 13.2 Å². The van der Waals surface area contributed by atoms with E-state index in [0.717, 1.165) is 6.61 Å². The summed E-state index contributed by atoms with van der Waals surface area (Å²) in [4.78, 5) is 11.4. The Morgan fingerprint density at radius 2 is 2.50 bits per heavy atom. The first-order valence-corrected chi connectivity index (χ1v) is 4.57. The molecule has 0 aromatic rings. The van der Waals surface area contributed by atoms with Gasteiger partial charge < -0.3 is 9.47 Å². The van der Waals surface area contributed by atoms with Crippen LogP contribution in [0.3, 0.4) is 0 Å². The van der Waals surface area contributed by atoms with E-state index in [-0.39, 0.29) is 18.7 Å². The zero-order valence-corrected chi connectivity index (χ0v) is 8.29. The van der Waals surface area contributed by atoms with Crippen molar-refractivity contribution in [3.05, 3.63) is 30.0 Å². The molecule has 14 heavy (non-hydrogen) atoms. The Kier molecular flexibility index (Phi) is 4.17. The number of hydrogen-bond donors (Lipinski definition) is 0. The number of ether oxygens (including phenoxy) is 2. The minimum Gasteiger partial charge on any atom is -0.458 e. The Labute approximate surface area is 83.7 Å². The first kappa shape index (κ1) is 10.8. The molecule has 1 saturated heterocycles. The molecule has 1 heterocycles. The number of rotatable bonds is 5. The van der Waals surface area contributed by atoms with Gasteiger partial charge in [0, 0.05) is 6.42 Å². The summed E-state index contributed by atoms with van der Waals surface area (Å²) in [5, 5.41) is 0. The summed E-state index contributed by atoms with van der Waals surface area (Å²) < 4.78 is 9.94. The van der Waals surface area contributed by atoms with Crippen LogP contribution in [0.25, 0.3) is 0 Å². The van der Waals surface area contributed by atoms with Crippen LogP contribution in [0.15, 0.2) is 30.0 Å². The Morgan fingerprint density at radius 1 is 1.79 bits per heavy atom. The summed E-state index contributed by atoms with van der Waals surface area (Å²) in [6.07, 6.45) is 4.00. The summed E-state index contributed by atoms with van der Waals surface area (Å²) in [6, 6.07) is 0. The number of esters is 1. The summed E-state index contributed by atoms with van der Waals surface area (Å²) in [6.45, 7) is 6.25. The van der Waals surface area contributed by atoms with E-state index in [1.165, 1.54) is 0 Å². The van der Waals surface area contributed by atoms with Crippen LogP contribution in [0.2, 0.25) is 0 Å². The summed E-state index contributed by atoms with van der Waals surface area (Å²) >= 11 is 0. The predicted molar refractivity (Wildman–Crippen MR) is 52.8 cm³/mol. The quantitative estimate of drug-likeness (QED) is 0.219. The minimum absolute atomic E-state index is 0.175. The van der Waals surface area contributed by atoms with Crippen LogP contribution in [0, 0.1) is 0 Å². The maximum absolute atomic E-state index is 11.4. The molecule has 0 N–H and O–H groups in total. The molecule has 3 nitrogen and oxygen atoms in total. The highest BCUT2D eigenvalue weighted by Crippen LogP contribution is 2.19. The monoisotopic (exact) mass is 194 g/mol. The second-order valence-electron chi connectivity index (χ2n) is 2.96. The van der Waals surface area contributed by atoms with Gasteiger partial charge in [-0.25, -0.2) is 4.79 Å². The fraction of sp³-hybridized carbons (Fsp3) is 0.455. The van der Waals surface area contributed by atoms with E-state index in [0.29, 0.717) is 12.0 Å². The average Bonchev–Trinajstić information content (AvgIpc) is 2.97. The van der Waals surface area contributed by atoms with Crippen molar-refractivity contribution in [3.8, 4) is 0 Å². The molecule has 0 amide bonds. The van der Waals surface area contributed by atoms with E-state index in [4.69, 9.17) is 9.47 Å². The lowest BCUT2D eigenvalue weighted by atomic mass is 10.1. The van der Waals surface area contributed by atoms with Crippen molar-refractivity contribution in [1.82, 2.24) is 0 Å². The Balaban J connectivity index is 2.52. The van der Waals surface area contributed by atoms with Crippen LogP contribution in [0.1, 0.15) is 13.3 Å². The predicted octanol–water partition coefficient (Wildman–Crippen LogP) is 1.61. The van der Waals surface area contributed by atoms with Crippen LogP contribution in [0.4, 0.5) is 0 Å². The number of carbonyl (C=O) groups excluding carboxylic acids is 1. The molecule has 1 atom stereocenters. The molecule has 0 spiro atoms. The van der Waals surface area contributed by atoms with Crippen LogP contribution in [-0.4, -0.2) is 25.3 Å². The molecule has 1 aliphatic heterocycles. The highest BCUT2D eigenvalue weighted by Gasteiger charge is 2.26. The SMILES string of the molecule is C=CCOC(=O)C(=C=CC)CC1CO1. The molecule has 1 fully saturated rings. The number of carbonyl (C=O) groups is 1. The Morgan fingerprint density at radius 3 is 3.00 bits per heavy atom. The standard InChI is InChI=1S/C11H14O3/c1-3-5-9(7-10-8-14-10)11(12)13-6-4-2/h3-4,10H,2,6-8H2,1H3. The van der Waals surface area contributed by atoms with Crippen molar-refractivity contribution in [2.24, 2.45) is 0 Å². The maximum atomic E-state index is 11.4. The van der Waals surface area contributed by atoms with E-state index in [2.05, 4.69) is 12.3 Å². The van der Waals surface area contributed by atoms with Gasteiger partial charge in [0.2, 0.25) is 0 Å².